The molecule has 5 nitrogen and oxygen atoms in total. The van der Waals surface area contributed by atoms with Crippen LogP contribution in [0.2, 0.25) is 5.02 Å². The van der Waals surface area contributed by atoms with E-state index in [2.05, 4.69) is 5.32 Å². The van der Waals surface area contributed by atoms with Gasteiger partial charge in [-0.2, -0.15) is 13.2 Å². The van der Waals surface area contributed by atoms with E-state index in [-0.39, 0.29) is 23.1 Å². The van der Waals surface area contributed by atoms with Crippen LogP contribution in [0.1, 0.15) is 0 Å². The smallest absolute Gasteiger partial charge is 0.393 e. The van der Waals surface area contributed by atoms with Crippen LogP contribution in [-0.4, -0.2) is 47.7 Å². The molecule has 1 amide bonds. The average molecular weight is 405 g/mol. The zero-order valence-corrected chi connectivity index (χ0v) is 14.1. The first-order valence-corrected chi connectivity index (χ1v) is 7.22. The first-order chi connectivity index (χ1) is 11.1. The van der Waals surface area contributed by atoms with Crippen LogP contribution in [-0.2, 0) is 9.59 Å². The molecule has 1 aromatic rings. The third-order valence-corrected chi connectivity index (χ3v) is 3.94. The minimum atomic E-state index is -4.67. The van der Waals surface area contributed by atoms with Crippen molar-refractivity contribution >= 4 is 41.6 Å². The molecule has 1 heterocycles. The van der Waals surface area contributed by atoms with E-state index < -0.39 is 55.3 Å². The van der Waals surface area contributed by atoms with E-state index in [9.17, 15) is 27.2 Å². The number of rotatable bonds is 4. The van der Waals surface area contributed by atoms with Gasteiger partial charge in [-0.3, -0.25) is 14.5 Å². The number of nitrogens with one attached hydrogen (secondary N) is 1. The Bertz CT molecular complexity index is 657. The number of carboxylic acid groups (broad SMARTS) is 1. The second-order valence-corrected chi connectivity index (χ2v) is 5.90. The van der Waals surface area contributed by atoms with Crippen molar-refractivity contribution in [1.82, 2.24) is 4.90 Å². The van der Waals surface area contributed by atoms with Crippen molar-refractivity contribution in [3.8, 4) is 0 Å². The minimum Gasteiger partial charge on any atom is -0.481 e. The van der Waals surface area contributed by atoms with Gasteiger partial charge in [-0.15, -0.1) is 12.4 Å². The lowest BCUT2D eigenvalue weighted by atomic mass is 9.96. The van der Waals surface area contributed by atoms with E-state index >= 15 is 0 Å². The topological polar surface area (TPSA) is 69.6 Å². The lowest BCUT2D eigenvalue weighted by Crippen LogP contribution is -2.34. The van der Waals surface area contributed by atoms with E-state index in [0.29, 0.717) is 0 Å². The largest absolute Gasteiger partial charge is 0.481 e. The van der Waals surface area contributed by atoms with Crippen LogP contribution < -0.4 is 5.32 Å². The van der Waals surface area contributed by atoms with Gasteiger partial charge in [-0.05, 0) is 18.2 Å². The van der Waals surface area contributed by atoms with Gasteiger partial charge in [0, 0.05) is 18.1 Å². The van der Waals surface area contributed by atoms with E-state index in [1.165, 1.54) is 6.07 Å². The van der Waals surface area contributed by atoms with Crippen LogP contribution in [0, 0.1) is 17.7 Å². The third kappa shape index (κ3) is 5.45. The average Bonchev–Trinajstić information content (AvgIpc) is 2.87. The zero-order chi connectivity index (χ0) is 18.1. The number of likely N-dealkylation sites (tertiary alicyclic amines) is 1. The fraction of sp³-hybridized carbons (Fsp3) is 0.429. The van der Waals surface area contributed by atoms with Crippen LogP contribution in [0.4, 0.5) is 23.2 Å². The maximum absolute atomic E-state index is 13.5. The van der Waals surface area contributed by atoms with Crippen LogP contribution in [0.25, 0.3) is 0 Å². The van der Waals surface area contributed by atoms with Gasteiger partial charge in [0.05, 0.1) is 24.1 Å². The second-order valence-electron chi connectivity index (χ2n) is 5.46. The molecule has 0 aromatic heterocycles. The molecule has 140 valence electrons. The highest BCUT2D eigenvalue weighted by Gasteiger charge is 2.52. The molecule has 0 spiro atoms. The molecule has 0 unspecified atom stereocenters. The van der Waals surface area contributed by atoms with Gasteiger partial charge in [0.15, 0.2) is 0 Å². The first kappa shape index (κ1) is 21.5. The van der Waals surface area contributed by atoms with Crippen molar-refractivity contribution in [1.29, 1.82) is 0 Å². The Morgan fingerprint density at radius 3 is 2.48 bits per heavy atom. The zero-order valence-electron chi connectivity index (χ0n) is 12.5. The molecule has 2 atom stereocenters. The molecule has 0 bridgehead atoms. The molecule has 0 aliphatic carbocycles. The highest BCUT2D eigenvalue weighted by atomic mass is 35.5. The summed E-state index contributed by atoms with van der Waals surface area (Å²) in [5.41, 5.74) is -0.200. The number of benzene rings is 1. The van der Waals surface area contributed by atoms with Gasteiger partial charge in [0.2, 0.25) is 5.91 Å². The summed E-state index contributed by atoms with van der Waals surface area (Å²) in [6.45, 7) is -1.50. The summed E-state index contributed by atoms with van der Waals surface area (Å²) in [6, 6.07) is 3.48. The van der Waals surface area contributed by atoms with Crippen LogP contribution >= 0.6 is 24.0 Å². The number of alkyl halides is 3. The molecule has 11 heteroatoms. The molecule has 0 saturated carbocycles. The fourth-order valence-electron chi connectivity index (χ4n) is 2.58. The second kappa shape index (κ2) is 8.20. The first-order valence-electron chi connectivity index (χ1n) is 6.84. The molecule has 1 aliphatic heterocycles. The molecule has 2 N–H and O–H groups in total. The molecule has 1 saturated heterocycles. The molecule has 1 fully saturated rings. The Morgan fingerprint density at radius 1 is 1.32 bits per heavy atom. The highest BCUT2D eigenvalue weighted by molar-refractivity contribution is 6.30. The Kier molecular flexibility index (Phi) is 7.04. The SMILES string of the molecule is Cl.O=C(CN1C[C@@H](C(F)(F)F)[C@H](C(=O)O)C1)Nc1cc(Cl)ccc1F. The summed E-state index contributed by atoms with van der Waals surface area (Å²) < 4.78 is 52.1. The van der Waals surface area contributed by atoms with Crippen LogP contribution in [0.3, 0.4) is 0 Å². The summed E-state index contributed by atoms with van der Waals surface area (Å²) in [4.78, 5) is 23.9. The summed E-state index contributed by atoms with van der Waals surface area (Å²) in [5, 5.41) is 11.3. The van der Waals surface area contributed by atoms with E-state index in [4.69, 9.17) is 16.7 Å². The van der Waals surface area contributed by atoms with E-state index in [1.54, 1.807) is 0 Å². The van der Waals surface area contributed by atoms with Gasteiger partial charge in [-0.1, -0.05) is 11.6 Å². The monoisotopic (exact) mass is 404 g/mol. The maximum Gasteiger partial charge on any atom is 0.393 e. The van der Waals surface area contributed by atoms with Crippen molar-refractivity contribution in [2.24, 2.45) is 11.8 Å². The van der Waals surface area contributed by atoms with E-state index in [0.717, 1.165) is 17.0 Å². The summed E-state index contributed by atoms with van der Waals surface area (Å²) in [5.74, 6) is -6.76. The Morgan fingerprint density at radius 2 is 1.96 bits per heavy atom. The molecule has 1 aliphatic rings. The number of halogens is 6. The number of carbonyl (C=O) groups is 2. The Labute approximate surface area is 151 Å². The Balaban J connectivity index is 0.00000312. The van der Waals surface area contributed by atoms with Crippen LogP contribution in [0.5, 0.6) is 0 Å². The molecule has 25 heavy (non-hydrogen) atoms. The highest BCUT2D eigenvalue weighted by Crippen LogP contribution is 2.37. The number of nitrogens with zero attached hydrogens (tertiary/aromatic N) is 1. The van der Waals surface area contributed by atoms with Gasteiger partial charge >= 0.3 is 12.1 Å². The molecule has 2 rings (SSSR count). The number of carboxylic acids is 1. The summed E-state index contributed by atoms with van der Waals surface area (Å²) >= 11 is 5.68. The lowest BCUT2D eigenvalue weighted by molar-refractivity contribution is -0.188. The normalized spacial score (nSPS) is 20.8. The number of hydrogen-bond acceptors (Lipinski definition) is 3. The number of aliphatic carboxylic acids is 1. The number of carbonyl (C=O) groups excluding carboxylic acids is 1. The maximum atomic E-state index is 13.5. The Hall–Kier alpha value is -1.58. The number of anilines is 1. The lowest BCUT2D eigenvalue weighted by Gasteiger charge is -2.18. The van der Waals surface area contributed by atoms with Crippen molar-refractivity contribution in [3.63, 3.8) is 0 Å². The predicted molar refractivity (Wildman–Crippen MR) is 84.4 cm³/mol. The summed E-state index contributed by atoms with van der Waals surface area (Å²) in [7, 11) is 0. The van der Waals surface area contributed by atoms with Crippen molar-refractivity contribution in [2.75, 3.05) is 25.0 Å². The number of amides is 1. The third-order valence-electron chi connectivity index (χ3n) is 3.70. The van der Waals surface area contributed by atoms with Crippen molar-refractivity contribution in [3.05, 3.63) is 29.0 Å². The molecule has 1 aromatic carbocycles. The minimum absolute atomic E-state index is 0. The molecular weight excluding hydrogens is 391 g/mol. The van der Waals surface area contributed by atoms with Gasteiger partial charge in [0.25, 0.3) is 0 Å². The van der Waals surface area contributed by atoms with Crippen molar-refractivity contribution < 1.29 is 32.3 Å². The standard InChI is InChI=1S/C14H13ClF4N2O3.ClH/c15-7-1-2-10(16)11(3-7)20-12(22)6-21-4-8(13(23)24)9(5-21)14(17,18)19;/h1-3,8-9H,4-6H2,(H,20,22)(H,23,24);1H/t8-,9-;/m1./s1. The van der Waals surface area contributed by atoms with Gasteiger partial charge in [0.1, 0.15) is 5.82 Å². The van der Waals surface area contributed by atoms with Crippen LogP contribution in [0.15, 0.2) is 18.2 Å². The van der Waals surface area contributed by atoms with Gasteiger partial charge < -0.3 is 10.4 Å². The van der Waals surface area contributed by atoms with Gasteiger partial charge in [-0.25, -0.2) is 4.39 Å². The summed E-state index contributed by atoms with van der Waals surface area (Å²) in [6.07, 6.45) is -4.67. The molecule has 0 radical (unpaired) electrons. The predicted octanol–water partition coefficient (Wildman–Crippen LogP) is 3.03. The molecular formula is C14H14Cl2F4N2O3. The fourth-order valence-corrected chi connectivity index (χ4v) is 2.75. The van der Waals surface area contributed by atoms with E-state index in [1.807, 2.05) is 0 Å². The number of hydrogen-bond donors (Lipinski definition) is 2. The van der Waals surface area contributed by atoms with Crippen molar-refractivity contribution in [2.45, 2.75) is 6.18 Å². The quantitative estimate of drug-likeness (QED) is 0.756.